The van der Waals surface area contributed by atoms with Crippen LogP contribution in [-0.4, -0.2) is 147 Å². The topological polar surface area (TPSA) is 135 Å². The molecule has 0 radical (unpaired) electrons. The minimum absolute atomic E-state index is 0.00819. The molecule has 51 heavy (non-hydrogen) atoms. The fourth-order valence-electron chi connectivity index (χ4n) is 7.53. The summed E-state index contributed by atoms with van der Waals surface area (Å²) in [6.45, 7) is 5.44. The van der Waals surface area contributed by atoms with E-state index in [4.69, 9.17) is 4.74 Å². The Labute approximate surface area is 319 Å². The van der Waals surface area contributed by atoms with Crippen molar-refractivity contribution < 1.29 is 28.8 Å². The van der Waals surface area contributed by atoms with E-state index in [2.05, 4.69) is 42.1 Å². The van der Waals surface area contributed by atoms with E-state index in [1.54, 1.807) is 26.2 Å². The Morgan fingerprint density at radius 3 is 2.22 bits per heavy atom. The third kappa shape index (κ3) is 9.14. The molecule has 4 aliphatic rings. The standard InChI is InChI=1S/C35H47Br2N7O6S/c1-39(2)51(49)43-14-10-26(11-15-43)40-17-19-41(20-18-40)33(46)31(23-24-21-28(36)32(45)29(37)22-24)50-35(48)42-12-8-27(9-13-42)44-16-7-25-5-3-4-6-30(25)38-34(44)47/h3-6,21-22,26-27,31,45H,7-20,23H2,1-2H3,(H,38,47)/t31-,51?/m1/s1. The molecular weight excluding hydrogens is 806 g/mol. The van der Waals surface area contributed by atoms with Gasteiger partial charge in [0.05, 0.1) is 8.95 Å². The SMILES string of the molecule is CN(C)[S+]([O-])N1CCC(N2CCN(C(=O)[C@@H](Cc3cc(Br)c(O)c(Br)c3)OC(=O)N3CCC(N4CCc5ccccc5NC4=O)CC3)CC2)CC1. The number of carbonyl (C=O) groups excluding carboxylic acids is 3. The Balaban J connectivity index is 1.06. The number of anilines is 1. The van der Waals surface area contributed by atoms with E-state index in [0.717, 1.165) is 49.2 Å². The van der Waals surface area contributed by atoms with Crippen molar-refractivity contribution >= 4 is 67.1 Å². The molecule has 2 N–H and O–H groups in total. The molecular formula is C35H47Br2N7O6S. The second-order valence-corrected chi connectivity index (χ2v) is 17.2. The lowest BCUT2D eigenvalue weighted by Gasteiger charge is -2.43. The number of piperidine rings is 2. The van der Waals surface area contributed by atoms with Gasteiger partial charge in [-0.25, -0.2) is 9.59 Å². The second kappa shape index (κ2) is 17.0. The van der Waals surface area contributed by atoms with Gasteiger partial charge in [-0.2, -0.15) is 0 Å². The number of urea groups is 1. The maximum Gasteiger partial charge on any atom is 0.410 e. The molecule has 1 unspecified atom stereocenters. The number of aromatic hydroxyl groups is 1. The Hall–Kier alpha value is -2.60. The van der Waals surface area contributed by atoms with Crippen LogP contribution in [0.1, 0.15) is 36.8 Å². The van der Waals surface area contributed by atoms with Gasteiger partial charge in [0.1, 0.15) is 17.3 Å². The minimum atomic E-state index is -1.12. The van der Waals surface area contributed by atoms with Gasteiger partial charge in [-0.15, -0.1) is 8.61 Å². The highest BCUT2D eigenvalue weighted by Gasteiger charge is 2.37. The third-order valence-corrected chi connectivity index (χ3v) is 13.1. The van der Waals surface area contributed by atoms with Crippen molar-refractivity contribution in [2.45, 2.75) is 56.7 Å². The molecule has 4 amide bonds. The van der Waals surface area contributed by atoms with Gasteiger partial charge in [0, 0.05) is 97.2 Å². The number of hydrogen-bond acceptors (Lipinski definition) is 9. The number of nitrogens with one attached hydrogen (secondary N) is 1. The highest BCUT2D eigenvalue weighted by Crippen LogP contribution is 2.34. The number of fused-ring (bicyclic) bond motifs is 1. The maximum absolute atomic E-state index is 14.1. The zero-order valence-electron chi connectivity index (χ0n) is 29.1. The van der Waals surface area contributed by atoms with E-state index < -0.39 is 23.7 Å². The summed E-state index contributed by atoms with van der Waals surface area (Å²) in [6, 6.07) is 11.6. The number of phenols is 1. The number of nitrogens with zero attached hydrogens (tertiary/aromatic N) is 6. The van der Waals surface area contributed by atoms with Crippen molar-refractivity contribution in [3.8, 4) is 5.75 Å². The van der Waals surface area contributed by atoms with Crippen LogP contribution in [0.2, 0.25) is 0 Å². The van der Waals surface area contributed by atoms with Gasteiger partial charge in [0.15, 0.2) is 6.10 Å². The average molecular weight is 854 g/mol. The molecule has 278 valence electrons. The molecule has 13 nitrogen and oxygen atoms in total. The van der Waals surface area contributed by atoms with Crippen LogP contribution in [-0.2, 0) is 33.9 Å². The van der Waals surface area contributed by atoms with Crippen molar-refractivity contribution in [3.05, 3.63) is 56.5 Å². The molecule has 16 heteroatoms. The fourth-order valence-corrected chi connectivity index (χ4v) is 9.80. The van der Waals surface area contributed by atoms with Gasteiger partial charge in [0.2, 0.25) is 0 Å². The predicted molar refractivity (Wildman–Crippen MR) is 203 cm³/mol. The first-order valence-electron chi connectivity index (χ1n) is 17.6. The highest BCUT2D eigenvalue weighted by molar-refractivity contribution is 9.11. The molecule has 0 spiro atoms. The first kappa shape index (κ1) is 38.1. The number of piperazine rings is 1. The summed E-state index contributed by atoms with van der Waals surface area (Å²) >= 11 is 5.64. The molecule has 0 aliphatic carbocycles. The number of amides is 4. The highest BCUT2D eigenvalue weighted by atomic mass is 79.9. The molecule has 3 fully saturated rings. The zero-order chi connectivity index (χ0) is 36.2. The molecule has 6 rings (SSSR count). The van der Waals surface area contributed by atoms with Crippen molar-refractivity contribution in [2.24, 2.45) is 0 Å². The first-order chi connectivity index (χ1) is 24.5. The van der Waals surface area contributed by atoms with Crippen LogP contribution in [0.4, 0.5) is 15.3 Å². The molecule has 2 atom stereocenters. The summed E-state index contributed by atoms with van der Waals surface area (Å²) in [6.07, 6.45) is 2.38. The number of hydrogen-bond donors (Lipinski definition) is 2. The number of halogens is 2. The summed E-state index contributed by atoms with van der Waals surface area (Å²) < 4.78 is 23.2. The zero-order valence-corrected chi connectivity index (χ0v) is 33.1. The van der Waals surface area contributed by atoms with E-state index in [1.807, 2.05) is 47.6 Å². The summed E-state index contributed by atoms with van der Waals surface area (Å²) in [5, 5.41) is 13.3. The number of likely N-dealkylation sites (tertiary alicyclic amines) is 1. The first-order valence-corrected chi connectivity index (χ1v) is 20.3. The van der Waals surface area contributed by atoms with E-state index in [0.29, 0.717) is 73.6 Å². The lowest BCUT2D eigenvalue weighted by Crippen LogP contribution is -2.57. The smallest absolute Gasteiger partial charge is 0.410 e. The van der Waals surface area contributed by atoms with E-state index in [9.17, 15) is 24.0 Å². The minimum Gasteiger partial charge on any atom is -0.578 e. The summed E-state index contributed by atoms with van der Waals surface area (Å²) in [5.74, 6) is -0.186. The van der Waals surface area contributed by atoms with Crippen LogP contribution in [0.25, 0.3) is 0 Å². The Kier molecular flexibility index (Phi) is 12.7. The molecule has 3 saturated heterocycles. The van der Waals surface area contributed by atoms with Gasteiger partial charge in [-0.05, 0) is 93.3 Å². The molecule has 4 heterocycles. The van der Waals surface area contributed by atoms with Crippen molar-refractivity contribution in [1.29, 1.82) is 0 Å². The number of carbonyl (C=O) groups is 3. The van der Waals surface area contributed by atoms with Crippen LogP contribution in [0, 0.1) is 0 Å². The van der Waals surface area contributed by atoms with Gasteiger partial charge < -0.3 is 34.4 Å². The van der Waals surface area contributed by atoms with Gasteiger partial charge >= 0.3 is 12.1 Å². The summed E-state index contributed by atoms with van der Waals surface area (Å²) in [5.41, 5.74) is 2.68. The van der Waals surface area contributed by atoms with Crippen LogP contribution < -0.4 is 5.32 Å². The van der Waals surface area contributed by atoms with E-state index in [-0.39, 0.29) is 30.2 Å². The number of para-hydroxylation sites is 1. The molecule has 4 aliphatic heterocycles. The van der Waals surface area contributed by atoms with Gasteiger partial charge in [-0.1, -0.05) is 18.2 Å². The lowest BCUT2D eigenvalue weighted by atomic mass is 10.0. The van der Waals surface area contributed by atoms with Crippen LogP contribution >= 0.6 is 31.9 Å². The van der Waals surface area contributed by atoms with Crippen molar-refractivity contribution in [3.63, 3.8) is 0 Å². The predicted octanol–water partition coefficient (Wildman–Crippen LogP) is 4.27. The largest absolute Gasteiger partial charge is 0.578 e. The molecule has 0 bridgehead atoms. The molecule has 0 saturated carbocycles. The normalized spacial score (nSPS) is 21.2. The van der Waals surface area contributed by atoms with Crippen molar-refractivity contribution in [2.75, 3.05) is 78.3 Å². The fraction of sp³-hybridized carbons (Fsp3) is 0.571. The van der Waals surface area contributed by atoms with Crippen LogP contribution in [0.15, 0.2) is 45.3 Å². The number of phenolic OH excluding ortho intramolecular Hbond substituents is 1. The Morgan fingerprint density at radius 2 is 1.57 bits per heavy atom. The third-order valence-electron chi connectivity index (χ3n) is 10.4. The van der Waals surface area contributed by atoms with Crippen molar-refractivity contribution in [1.82, 2.24) is 28.2 Å². The monoisotopic (exact) mass is 851 g/mol. The Morgan fingerprint density at radius 1 is 0.941 bits per heavy atom. The number of rotatable bonds is 8. The maximum atomic E-state index is 14.1. The summed E-state index contributed by atoms with van der Waals surface area (Å²) in [4.78, 5) is 48.6. The summed E-state index contributed by atoms with van der Waals surface area (Å²) in [7, 11) is 3.64. The Bertz CT molecular complexity index is 1540. The second-order valence-electron chi connectivity index (χ2n) is 13.8. The molecule has 2 aromatic carbocycles. The number of ether oxygens (including phenoxy) is 1. The average Bonchev–Trinajstić information content (AvgIpc) is 3.31. The lowest BCUT2D eigenvalue weighted by molar-refractivity contribution is -0.143. The number of benzene rings is 2. The molecule has 0 aromatic heterocycles. The van der Waals surface area contributed by atoms with Crippen LogP contribution in [0.5, 0.6) is 5.75 Å². The molecule has 2 aromatic rings. The van der Waals surface area contributed by atoms with Crippen LogP contribution in [0.3, 0.4) is 0 Å². The van der Waals surface area contributed by atoms with E-state index >= 15 is 0 Å². The van der Waals surface area contributed by atoms with Gasteiger partial charge in [-0.3, -0.25) is 9.69 Å². The van der Waals surface area contributed by atoms with Gasteiger partial charge in [0.25, 0.3) is 5.91 Å². The quantitative estimate of drug-likeness (QED) is 0.374. The van der Waals surface area contributed by atoms with E-state index in [1.165, 1.54) is 0 Å².